The highest BCUT2D eigenvalue weighted by Gasteiger charge is 2.28. The second kappa shape index (κ2) is 10.3. The van der Waals surface area contributed by atoms with Gasteiger partial charge in [0.2, 0.25) is 0 Å². The molecule has 4 aromatic rings. The topological polar surface area (TPSA) is 60.0 Å². The van der Waals surface area contributed by atoms with Crippen molar-refractivity contribution < 1.29 is 19.0 Å². The van der Waals surface area contributed by atoms with Crippen molar-refractivity contribution in [3.8, 4) is 11.5 Å². The third kappa shape index (κ3) is 4.72. The fraction of sp³-hybridized carbons (Fsp3) is 0.233. The summed E-state index contributed by atoms with van der Waals surface area (Å²) in [4.78, 5) is 14.5. The maximum Gasteiger partial charge on any atom is 0.338 e. The molecule has 0 bridgehead atoms. The van der Waals surface area contributed by atoms with Gasteiger partial charge in [0.15, 0.2) is 0 Å². The number of anilines is 2. The molecule has 1 unspecified atom stereocenters. The number of benzene rings is 4. The van der Waals surface area contributed by atoms with Crippen LogP contribution in [0.4, 0.5) is 11.4 Å². The number of esters is 1. The number of nitrogens with zero attached hydrogens (tertiary/aromatic N) is 1. The van der Waals surface area contributed by atoms with Crippen molar-refractivity contribution in [3.63, 3.8) is 0 Å². The van der Waals surface area contributed by atoms with E-state index in [-0.39, 0.29) is 12.1 Å². The third-order valence-electron chi connectivity index (χ3n) is 6.64. The number of carbonyl (C=O) groups excluding carboxylic acids is 1. The van der Waals surface area contributed by atoms with Gasteiger partial charge in [-0.15, -0.1) is 0 Å². The van der Waals surface area contributed by atoms with E-state index in [1.54, 1.807) is 13.2 Å². The molecule has 0 aromatic heterocycles. The van der Waals surface area contributed by atoms with Crippen LogP contribution in [-0.2, 0) is 4.74 Å². The number of para-hydroxylation sites is 2. The predicted octanol–water partition coefficient (Wildman–Crippen LogP) is 5.88. The van der Waals surface area contributed by atoms with E-state index in [4.69, 9.17) is 14.2 Å². The first-order valence-electron chi connectivity index (χ1n) is 12.1. The molecule has 1 heterocycles. The Kier molecular flexibility index (Phi) is 6.78. The van der Waals surface area contributed by atoms with Crippen LogP contribution in [0, 0.1) is 0 Å². The van der Waals surface area contributed by atoms with Crippen molar-refractivity contribution >= 4 is 28.1 Å². The van der Waals surface area contributed by atoms with Crippen molar-refractivity contribution in [3.05, 3.63) is 96.1 Å². The fourth-order valence-corrected chi connectivity index (χ4v) is 4.79. The van der Waals surface area contributed by atoms with E-state index < -0.39 is 5.97 Å². The Morgan fingerprint density at radius 3 is 2.64 bits per heavy atom. The Morgan fingerprint density at radius 2 is 1.81 bits per heavy atom. The molecule has 184 valence electrons. The van der Waals surface area contributed by atoms with Gasteiger partial charge in [-0.2, -0.15) is 0 Å². The van der Waals surface area contributed by atoms with Crippen molar-refractivity contribution in [1.29, 1.82) is 0 Å². The summed E-state index contributed by atoms with van der Waals surface area (Å²) in [6.45, 7) is 3.45. The van der Waals surface area contributed by atoms with Crippen LogP contribution in [0.3, 0.4) is 0 Å². The monoisotopic (exact) mass is 482 g/mol. The van der Waals surface area contributed by atoms with Crippen molar-refractivity contribution in [1.82, 2.24) is 5.32 Å². The van der Waals surface area contributed by atoms with Crippen LogP contribution in [0.2, 0.25) is 0 Å². The number of hydrogen-bond acceptors (Lipinski definition) is 6. The molecular formula is C30H30N2O4. The highest BCUT2D eigenvalue weighted by Crippen LogP contribution is 2.39. The lowest BCUT2D eigenvalue weighted by molar-refractivity contribution is 0.0600. The molecule has 2 atom stereocenters. The number of methoxy groups -OCH3 is 2. The summed E-state index contributed by atoms with van der Waals surface area (Å²) in [6, 6.07) is 28.4. The molecule has 0 amide bonds. The number of nitrogens with one attached hydrogen (secondary N) is 1. The normalized spacial score (nSPS) is 15.6. The van der Waals surface area contributed by atoms with Gasteiger partial charge in [-0.25, -0.2) is 4.79 Å². The van der Waals surface area contributed by atoms with Crippen LogP contribution in [0.15, 0.2) is 84.9 Å². The largest absolute Gasteiger partial charge is 0.497 e. The zero-order chi connectivity index (χ0) is 25.1. The molecule has 0 radical (unpaired) electrons. The zero-order valence-corrected chi connectivity index (χ0v) is 20.7. The Hall–Kier alpha value is -4.03. The lowest BCUT2D eigenvalue weighted by Gasteiger charge is -2.37. The lowest BCUT2D eigenvalue weighted by atomic mass is 9.99. The number of ether oxygens (including phenoxy) is 3. The van der Waals surface area contributed by atoms with Crippen molar-refractivity contribution in [2.75, 3.05) is 32.2 Å². The first kappa shape index (κ1) is 23.7. The van der Waals surface area contributed by atoms with E-state index in [9.17, 15) is 4.79 Å². The SMILES string of the molecule is COC(=O)c1cc(OC)cc(N2CC(CN[C@H](C)c3cccc4ccccc34)Oc3ccccc32)c1. The van der Waals surface area contributed by atoms with Crippen LogP contribution in [0.1, 0.15) is 28.9 Å². The molecule has 0 saturated carbocycles. The zero-order valence-electron chi connectivity index (χ0n) is 20.7. The van der Waals surface area contributed by atoms with Crippen LogP contribution in [0.5, 0.6) is 11.5 Å². The molecular weight excluding hydrogens is 452 g/mol. The molecule has 1 aliphatic heterocycles. The number of rotatable bonds is 7. The van der Waals surface area contributed by atoms with Gasteiger partial charge in [-0.3, -0.25) is 0 Å². The summed E-state index contributed by atoms with van der Waals surface area (Å²) in [7, 11) is 2.97. The highest BCUT2D eigenvalue weighted by atomic mass is 16.5. The number of hydrogen-bond donors (Lipinski definition) is 1. The van der Waals surface area contributed by atoms with Gasteiger partial charge in [0.25, 0.3) is 0 Å². The summed E-state index contributed by atoms with van der Waals surface area (Å²) in [5.74, 6) is 0.991. The van der Waals surface area contributed by atoms with Crippen LogP contribution >= 0.6 is 0 Å². The molecule has 0 spiro atoms. The van der Waals surface area contributed by atoms with Gasteiger partial charge >= 0.3 is 5.97 Å². The van der Waals surface area contributed by atoms with Gasteiger partial charge in [0.1, 0.15) is 17.6 Å². The van der Waals surface area contributed by atoms with E-state index >= 15 is 0 Å². The van der Waals surface area contributed by atoms with Gasteiger partial charge in [0, 0.05) is 24.3 Å². The van der Waals surface area contributed by atoms with Crippen molar-refractivity contribution in [2.24, 2.45) is 0 Å². The molecule has 1 N–H and O–H groups in total. The highest BCUT2D eigenvalue weighted by molar-refractivity contribution is 5.92. The van der Waals surface area contributed by atoms with E-state index in [2.05, 4.69) is 59.6 Å². The van der Waals surface area contributed by atoms with Crippen LogP contribution in [0.25, 0.3) is 10.8 Å². The van der Waals surface area contributed by atoms with Gasteiger partial charge in [-0.05, 0) is 47.5 Å². The smallest absolute Gasteiger partial charge is 0.338 e. The Balaban J connectivity index is 1.40. The standard InChI is InChI=1S/C30H30N2O4/c1-20(26-12-8-10-21-9-4-5-11-27(21)26)31-18-25-19-32(28-13-6-7-14-29(28)36-25)23-15-22(30(33)35-3)16-24(17-23)34-2/h4-17,20,25,31H,18-19H2,1-3H3/t20-,25?/m1/s1. The lowest BCUT2D eigenvalue weighted by Crippen LogP contribution is -2.44. The molecule has 1 aliphatic rings. The average Bonchev–Trinajstić information content (AvgIpc) is 2.94. The third-order valence-corrected chi connectivity index (χ3v) is 6.64. The fourth-order valence-electron chi connectivity index (χ4n) is 4.79. The maximum absolute atomic E-state index is 12.3. The summed E-state index contributed by atoms with van der Waals surface area (Å²) in [5.41, 5.74) is 3.49. The summed E-state index contributed by atoms with van der Waals surface area (Å²) >= 11 is 0. The molecule has 0 fully saturated rings. The maximum atomic E-state index is 12.3. The minimum atomic E-state index is -0.404. The summed E-state index contributed by atoms with van der Waals surface area (Å²) in [6.07, 6.45) is -0.106. The Morgan fingerprint density at radius 1 is 1.03 bits per heavy atom. The molecule has 36 heavy (non-hydrogen) atoms. The molecule has 0 aliphatic carbocycles. The molecule has 6 nitrogen and oxygen atoms in total. The van der Waals surface area contributed by atoms with Crippen LogP contribution in [-0.4, -0.2) is 39.4 Å². The Labute approximate surface area is 211 Å². The average molecular weight is 483 g/mol. The second-order valence-corrected chi connectivity index (χ2v) is 8.93. The first-order chi connectivity index (χ1) is 17.6. The van der Waals surface area contributed by atoms with Gasteiger partial charge < -0.3 is 24.4 Å². The van der Waals surface area contributed by atoms with Gasteiger partial charge in [-0.1, -0.05) is 54.6 Å². The predicted molar refractivity (Wildman–Crippen MR) is 143 cm³/mol. The van der Waals surface area contributed by atoms with E-state index in [0.717, 1.165) is 17.1 Å². The quantitative estimate of drug-likeness (QED) is 0.332. The Bertz CT molecular complexity index is 1380. The second-order valence-electron chi connectivity index (χ2n) is 8.93. The molecule has 5 rings (SSSR count). The van der Waals surface area contributed by atoms with Crippen molar-refractivity contribution in [2.45, 2.75) is 19.1 Å². The van der Waals surface area contributed by atoms with Crippen LogP contribution < -0.4 is 19.7 Å². The minimum absolute atomic E-state index is 0.106. The van der Waals surface area contributed by atoms with Gasteiger partial charge in [0.05, 0.1) is 32.0 Å². The minimum Gasteiger partial charge on any atom is -0.497 e. The van der Waals surface area contributed by atoms with E-state index in [0.29, 0.717) is 24.4 Å². The summed E-state index contributed by atoms with van der Waals surface area (Å²) < 4.78 is 16.8. The number of fused-ring (bicyclic) bond motifs is 2. The van der Waals surface area contributed by atoms with E-state index in [1.165, 1.54) is 23.4 Å². The molecule has 6 heteroatoms. The van der Waals surface area contributed by atoms with E-state index in [1.807, 2.05) is 36.4 Å². The summed E-state index contributed by atoms with van der Waals surface area (Å²) in [5, 5.41) is 6.16. The molecule has 0 saturated heterocycles. The molecule has 4 aromatic carbocycles. The first-order valence-corrected chi connectivity index (χ1v) is 12.1. The number of carbonyl (C=O) groups is 1.